The minimum absolute atomic E-state index is 0.126. The van der Waals surface area contributed by atoms with Crippen LogP contribution in [0.1, 0.15) is 38.3 Å². The number of likely N-dealkylation sites (N-methyl/N-ethyl adjacent to an activating group) is 1. The smallest absolute Gasteiger partial charge is 0.303 e. The maximum absolute atomic E-state index is 11.8. The zero-order chi connectivity index (χ0) is 21.3. The lowest BCUT2D eigenvalue weighted by Crippen LogP contribution is -2.60. The second kappa shape index (κ2) is 11.3. The van der Waals surface area contributed by atoms with Gasteiger partial charge < -0.3 is 19.5 Å². The summed E-state index contributed by atoms with van der Waals surface area (Å²) in [5.74, 6) is -0.126. The fourth-order valence-electron chi connectivity index (χ4n) is 4.18. The molecule has 0 amide bonds. The van der Waals surface area contributed by atoms with Crippen molar-refractivity contribution in [3.8, 4) is 0 Å². The van der Waals surface area contributed by atoms with Crippen molar-refractivity contribution < 1.29 is 19.0 Å². The summed E-state index contributed by atoms with van der Waals surface area (Å²) in [6.07, 6.45) is -0.0712. The number of carbonyl (C=O) groups excluding carboxylic acids is 1. The van der Waals surface area contributed by atoms with Gasteiger partial charge in [-0.3, -0.25) is 4.79 Å². The Kier molecular flexibility index (Phi) is 8.43. The zero-order valence-corrected chi connectivity index (χ0v) is 18.1. The Morgan fingerprint density at radius 1 is 0.900 bits per heavy atom. The second-order valence-electron chi connectivity index (χ2n) is 7.97. The highest BCUT2D eigenvalue weighted by Crippen LogP contribution is 2.33. The van der Waals surface area contributed by atoms with E-state index < -0.39 is 0 Å². The highest BCUT2D eigenvalue weighted by Gasteiger charge is 2.46. The van der Waals surface area contributed by atoms with Crippen molar-refractivity contribution in [2.24, 2.45) is 5.92 Å². The number of hydrogen-bond acceptors (Lipinski definition) is 5. The molecule has 2 aromatic rings. The molecule has 3 rings (SSSR count). The molecule has 5 heteroatoms. The first kappa shape index (κ1) is 22.5. The fraction of sp³-hybridized carbons (Fsp3) is 0.480. The number of carbonyl (C=O) groups is 1. The van der Waals surface area contributed by atoms with E-state index >= 15 is 0 Å². The number of esters is 1. The quantitative estimate of drug-likeness (QED) is 0.630. The molecule has 0 heterocycles. The van der Waals surface area contributed by atoms with Crippen LogP contribution in [0.15, 0.2) is 60.7 Å². The Morgan fingerprint density at radius 2 is 1.43 bits per heavy atom. The summed E-state index contributed by atoms with van der Waals surface area (Å²) < 4.78 is 18.5. The minimum atomic E-state index is -0.356. The Bertz CT molecular complexity index is 767. The van der Waals surface area contributed by atoms with Gasteiger partial charge in [-0.25, -0.2) is 0 Å². The first-order chi connectivity index (χ1) is 14.6. The molecule has 2 aromatic carbocycles. The number of hydrogen-bond donors (Lipinski definition) is 1. The highest BCUT2D eigenvalue weighted by molar-refractivity contribution is 5.66. The van der Waals surface area contributed by atoms with Crippen molar-refractivity contribution in [2.45, 2.75) is 64.8 Å². The lowest BCUT2D eigenvalue weighted by molar-refractivity contribution is -0.196. The van der Waals surface area contributed by atoms with Crippen LogP contribution in [0.3, 0.4) is 0 Å². The molecule has 0 saturated heterocycles. The van der Waals surface area contributed by atoms with Crippen LogP contribution >= 0.6 is 0 Å². The SMILES string of the molecule is CCN[C@@H]1C[C@@H](C)[C@@H](OC(C)=O)[C@@H](OCc2ccccc2)[C@@H]1OCc1ccccc1. The van der Waals surface area contributed by atoms with Crippen LogP contribution in [-0.4, -0.2) is 36.9 Å². The second-order valence-corrected chi connectivity index (χ2v) is 7.97. The average molecular weight is 412 g/mol. The lowest BCUT2D eigenvalue weighted by atomic mass is 9.80. The van der Waals surface area contributed by atoms with Gasteiger partial charge in [-0.05, 0) is 30.0 Å². The number of rotatable bonds is 9. The Morgan fingerprint density at radius 3 is 1.93 bits per heavy atom. The van der Waals surface area contributed by atoms with E-state index in [9.17, 15) is 4.79 Å². The fourth-order valence-corrected chi connectivity index (χ4v) is 4.18. The minimum Gasteiger partial charge on any atom is -0.459 e. The molecule has 5 nitrogen and oxygen atoms in total. The van der Waals surface area contributed by atoms with Crippen molar-refractivity contribution in [1.82, 2.24) is 5.32 Å². The van der Waals surface area contributed by atoms with Gasteiger partial charge in [0.25, 0.3) is 0 Å². The molecule has 162 valence electrons. The molecule has 0 bridgehead atoms. The van der Waals surface area contributed by atoms with Crippen LogP contribution in [0.5, 0.6) is 0 Å². The van der Waals surface area contributed by atoms with Gasteiger partial charge >= 0.3 is 5.97 Å². The molecule has 0 unspecified atom stereocenters. The largest absolute Gasteiger partial charge is 0.459 e. The maximum atomic E-state index is 11.8. The molecule has 1 aliphatic carbocycles. The molecule has 1 aliphatic rings. The number of nitrogens with one attached hydrogen (secondary N) is 1. The van der Waals surface area contributed by atoms with Gasteiger partial charge in [0.05, 0.1) is 13.2 Å². The maximum Gasteiger partial charge on any atom is 0.303 e. The molecule has 1 fully saturated rings. The molecular weight excluding hydrogens is 378 g/mol. The van der Waals surface area contributed by atoms with Crippen LogP contribution in [0.4, 0.5) is 0 Å². The Balaban J connectivity index is 1.82. The highest BCUT2D eigenvalue weighted by atomic mass is 16.6. The number of ether oxygens (including phenoxy) is 3. The summed E-state index contributed by atoms with van der Waals surface area (Å²) in [5.41, 5.74) is 2.19. The van der Waals surface area contributed by atoms with Gasteiger partial charge in [-0.1, -0.05) is 74.5 Å². The first-order valence-electron chi connectivity index (χ1n) is 10.8. The van der Waals surface area contributed by atoms with Gasteiger partial charge in [0, 0.05) is 13.0 Å². The summed E-state index contributed by atoms with van der Waals surface area (Å²) in [5, 5.41) is 3.56. The van der Waals surface area contributed by atoms with Gasteiger partial charge in [-0.15, -0.1) is 0 Å². The van der Waals surface area contributed by atoms with Crippen LogP contribution in [0.25, 0.3) is 0 Å². The topological polar surface area (TPSA) is 56.8 Å². The van der Waals surface area contributed by atoms with Crippen molar-refractivity contribution >= 4 is 5.97 Å². The zero-order valence-electron chi connectivity index (χ0n) is 18.1. The average Bonchev–Trinajstić information content (AvgIpc) is 2.75. The predicted molar refractivity (Wildman–Crippen MR) is 117 cm³/mol. The van der Waals surface area contributed by atoms with Crippen LogP contribution < -0.4 is 5.32 Å². The third-order valence-electron chi connectivity index (χ3n) is 5.57. The molecule has 0 aliphatic heterocycles. The Hall–Kier alpha value is -2.21. The standard InChI is InChI=1S/C25H33NO4/c1-4-26-22-15-18(2)23(30-19(3)27)25(29-17-21-13-9-6-10-14-21)24(22)28-16-20-11-7-5-8-12-20/h5-14,18,22-26H,4,15-17H2,1-3H3/t18-,22-,23-,24-,25-/m1/s1. The van der Waals surface area contributed by atoms with E-state index in [2.05, 4.69) is 31.3 Å². The first-order valence-corrected chi connectivity index (χ1v) is 10.8. The van der Waals surface area contributed by atoms with Crippen molar-refractivity contribution in [3.05, 3.63) is 71.8 Å². The van der Waals surface area contributed by atoms with Crippen LogP contribution in [0, 0.1) is 5.92 Å². The van der Waals surface area contributed by atoms with Crippen molar-refractivity contribution in [2.75, 3.05) is 6.54 Å². The molecule has 30 heavy (non-hydrogen) atoms. The van der Waals surface area contributed by atoms with Gasteiger partial charge in [0.15, 0.2) is 0 Å². The van der Waals surface area contributed by atoms with Crippen molar-refractivity contribution in [1.29, 1.82) is 0 Å². The van der Waals surface area contributed by atoms with E-state index in [1.54, 1.807) is 0 Å². The van der Waals surface area contributed by atoms with E-state index in [0.717, 1.165) is 24.1 Å². The molecule has 1 saturated carbocycles. The predicted octanol–water partition coefficient (Wildman–Crippen LogP) is 4.11. The van der Waals surface area contributed by atoms with Crippen molar-refractivity contribution in [3.63, 3.8) is 0 Å². The van der Waals surface area contributed by atoms with Crippen LogP contribution in [-0.2, 0) is 32.2 Å². The Labute approximate surface area is 179 Å². The molecule has 0 aromatic heterocycles. The van der Waals surface area contributed by atoms with Gasteiger partial charge in [-0.2, -0.15) is 0 Å². The molecule has 0 radical (unpaired) electrons. The molecular formula is C25H33NO4. The summed E-state index contributed by atoms with van der Waals surface area (Å²) in [4.78, 5) is 11.8. The third kappa shape index (κ3) is 6.14. The third-order valence-corrected chi connectivity index (χ3v) is 5.57. The normalized spacial score (nSPS) is 26.3. The number of benzene rings is 2. The summed E-state index contributed by atoms with van der Waals surface area (Å²) in [7, 11) is 0. The summed E-state index contributed by atoms with van der Waals surface area (Å²) in [6.45, 7) is 7.43. The summed E-state index contributed by atoms with van der Waals surface area (Å²) in [6, 6.07) is 20.3. The van der Waals surface area contributed by atoms with E-state index in [4.69, 9.17) is 14.2 Å². The van der Waals surface area contributed by atoms with Gasteiger partial charge in [0.2, 0.25) is 0 Å². The molecule has 0 spiro atoms. The summed E-state index contributed by atoms with van der Waals surface area (Å²) >= 11 is 0. The monoisotopic (exact) mass is 411 g/mol. The molecule has 1 N–H and O–H groups in total. The van der Waals surface area contributed by atoms with E-state index in [-0.39, 0.29) is 36.2 Å². The van der Waals surface area contributed by atoms with E-state index in [1.165, 1.54) is 6.92 Å². The van der Waals surface area contributed by atoms with E-state index in [0.29, 0.717) is 13.2 Å². The van der Waals surface area contributed by atoms with Crippen LogP contribution in [0.2, 0.25) is 0 Å². The van der Waals surface area contributed by atoms with E-state index in [1.807, 2.05) is 48.5 Å². The molecule has 5 atom stereocenters. The lowest BCUT2D eigenvalue weighted by Gasteiger charge is -2.45. The van der Waals surface area contributed by atoms with Gasteiger partial charge in [0.1, 0.15) is 18.3 Å².